The Kier molecular flexibility index (Phi) is 4.47. The van der Waals surface area contributed by atoms with E-state index in [4.69, 9.17) is 11.6 Å². The molecule has 2 nitrogen and oxygen atoms in total. The number of benzene rings is 2. The van der Waals surface area contributed by atoms with E-state index in [-0.39, 0.29) is 10.6 Å². The Morgan fingerprint density at radius 3 is 2.38 bits per heavy atom. The van der Waals surface area contributed by atoms with Crippen LogP contribution in [-0.2, 0) is 11.2 Å². The molecule has 0 unspecified atom stereocenters. The molecule has 0 saturated heterocycles. The molecule has 110 valence electrons. The lowest BCUT2D eigenvalue weighted by molar-refractivity contribution is -0.115. The van der Waals surface area contributed by atoms with Crippen LogP contribution in [0.25, 0.3) is 0 Å². The minimum atomic E-state index is -1.70. The monoisotopic (exact) mass is 317 g/mol. The van der Waals surface area contributed by atoms with Crippen LogP contribution < -0.4 is 5.32 Å². The smallest absolute Gasteiger partial charge is 0.229 e. The lowest BCUT2D eigenvalue weighted by Gasteiger charge is -2.09. The molecule has 0 bridgehead atoms. The number of carbonyl (C=O) groups excluding carboxylic acids is 1. The molecule has 2 aromatic carbocycles. The summed E-state index contributed by atoms with van der Waals surface area (Å²) in [7, 11) is 0. The van der Waals surface area contributed by atoms with Gasteiger partial charge in [-0.3, -0.25) is 4.79 Å². The van der Waals surface area contributed by atoms with Gasteiger partial charge in [0.25, 0.3) is 0 Å². The maximum atomic E-state index is 13.5. The van der Waals surface area contributed by atoms with Gasteiger partial charge < -0.3 is 5.32 Å². The third kappa shape index (κ3) is 3.33. The summed E-state index contributed by atoms with van der Waals surface area (Å²) >= 11 is 5.75. The molecule has 1 amide bonds. The van der Waals surface area contributed by atoms with Gasteiger partial charge in [0.1, 0.15) is 5.82 Å². The van der Waals surface area contributed by atoms with Crippen molar-refractivity contribution in [1.29, 1.82) is 0 Å². The van der Waals surface area contributed by atoms with E-state index in [2.05, 4.69) is 0 Å². The Labute approximate surface area is 122 Å². The normalized spacial score (nSPS) is 10.5. The number of halogens is 5. The summed E-state index contributed by atoms with van der Waals surface area (Å²) in [5, 5.41) is 2.07. The predicted molar refractivity (Wildman–Crippen MR) is 70.1 cm³/mol. The highest BCUT2D eigenvalue weighted by atomic mass is 35.5. The fourth-order valence-corrected chi connectivity index (χ4v) is 1.91. The highest BCUT2D eigenvalue weighted by Gasteiger charge is 2.17. The van der Waals surface area contributed by atoms with Crippen molar-refractivity contribution in [2.45, 2.75) is 6.42 Å². The van der Waals surface area contributed by atoms with Crippen LogP contribution in [0.5, 0.6) is 0 Å². The largest absolute Gasteiger partial charge is 0.323 e. The summed E-state index contributed by atoms with van der Waals surface area (Å²) in [6, 6.07) is 5.42. The summed E-state index contributed by atoms with van der Waals surface area (Å²) < 4.78 is 52.7. The SMILES string of the molecule is O=C(Cc1c(F)cccc1Cl)Nc1ccc(F)c(F)c1F. The van der Waals surface area contributed by atoms with Gasteiger partial charge in [-0.05, 0) is 24.3 Å². The molecule has 0 fully saturated rings. The Balaban J connectivity index is 2.18. The van der Waals surface area contributed by atoms with Crippen LogP contribution in [-0.4, -0.2) is 5.91 Å². The number of nitrogens with one attached hydrogen (secondary N) is 1. The molecule has 0 aromatic heterocycles. The highest BCUT2D eigenvalue weighted by molar-refractivity contribution is 6.31. The van der Waals surface area contributed by atoms with E-state index < -0.39 is 41.3 Å². The maximum Gasteiger partial charge on any atom is 0.229 e. The van der Waals surface area contributed by atoms with Gasteiger partial charge >= 0.3 is 0 Å². The van der Waals surface area contributed by atoms with E-state index in [1.807, 2.05) is 5.32 Å². The molecule has 0 aliphatic rings. The molecule has 0 saturated carbocycles. The minimum absolute atomic E-state index is 0.0379. The summed E-state index contributed by atoms with van der Waals surface area (Å²) in [5.41, 5.74) is -0.606. The van der Waals surface area contributed by atoms with E-state index in [1.54, 1.807) is 0 Å². The summed E-state index contributed by atoms with van der Waals surface area (Å²) in [6.07, 6.45) is -0.468. The van der Waals surface area contributed by atoms with Crippen LogP contribution in [0.1, 0.15) is 5.56 Å². The molecule has 0 aliphatic carbocycles. The molecule has 0 heterocycles. The third-order valence-corrected chi connectivity index (χ3v) is 3.06. The Hall–Kier alpha value is -2.08. The van der Waals surface area contributed by atoms with Gasteiger partial charge in [0.2, 0.25) is 5.91 Å². The topological polar surface area (TPSA) is 29.1 Å². The lowest BCUT2D eigenvalue weighted by Crippen LogP contribution is -2.17. The van der Waals surface area contributed by atoms with Gasteiger partial charge in [-0.25, -0.2) is 17.6 Å². The zero-order valence-electron chi connectivity index (χ0n) is 10.4. The quantitative estimate of drug-likeness (QED) is 0.671. The first kappa shape index (κ1) is 15.3. The van der Waals surface area contributed by atoms with Gasteiger partial charge in [0.15, 0.2) is 17.5 Å². The first-order valence-electron chi connectivity index (χ1n) is 5.76. The van der Waals surface area contributed by atoms with Crippen molar-refractivity contribution in [3.8, 4) is 0 Å². The van der Waals surface area contributed by atoms with Crippen molar-refractivity contribution in [2.75, 3.05) is 5.32 Å². The number of hydrogen-bond donors (Lipinski definition) is 1. The van der Waals surface area contributed by atoms with Crippen molar-refractivity contribution in [1.82, 2.24) is 0 Å². The molecule has 0 atom stereocenters. The third-order valence-electron chi connectivity index (χ3n) is 2.71. The van der Waals surface area contributed by atoms with Crippen molar-refractivity contribution in [3.05, 3.63) is 64.2 Å². The zero-order valence-corrected chi connectivity index (χ0v) is 11.1. The first-order chi connectivity index (χ1) is 9.90. The number of anilines is 1. The Bertz CT molecular complexity index is 685. The maximum absolute atomic E-state index is 13.5. The fourth-order valence-electron chi connectivity index (χ4n) is 1.68. The second-order valence-electron chi connectivity index (χ2n) is 4.15. The molecule has 0 aliphatic heterocycles. The zero-order chi connectivity index (χ0) is 15.6. The van der Waals surface area contributed by atoms with E-state index in [0.717, 1.165) is 12.1 Å². The average Bonchev–Trinajstić information content (AvgIpc) is 2.44. The molecule has 0 radical (unpaired) electrons. The second-order valence-corrected chi connectivity index (χ2v) is 4.56. The molecule has 0 spiro atoms. The van der Waals surface area contributed by atoms with Crippen molar-refractivity contribution in [2.24, 2.45) is 0 Å². The second kappa shape index (κ2) is 6.13. The number of hydrogen-bond acceptors (Lipinski definition) is 1. The average molecular weight is 318 g/mol. The minimum Gasteiger partial charge on any atom is -0.323 e. The van der Waals surface area contributed by atoms with Crippen molar-refractivity contribution in [3.63, 3.8) is 0 Å². The molecule has 21 heavy (non-hydrogen) atoms. The van der Waals surface area contributed by atoms with Gasteiger partial charge in [0.05, 0.1) is 12.1 Å². The van der Waals surface area contributed by atoms with Gasteiger partial charge in [0, 0.05) is 10.6 Å². The van der Waals surface area contributed by atoms with Gasteiger partial charge in [-0.1, -0.05) is 17.7 Å². The lowest BCUT2D eigenvalue weighted by atomic mass is 10.1. The molecule has 2 aromatic rings. The number of rotatable bonds is 3. The van der Waals surface area contributed by atoms with Crippen LogP contribution in [0.4, 0.5) is 23.2 Å². The van der Waals surface area contributed by atoms with Crippen molar-refractivity contribution < 1.29 is 22.4 Å². The number of carbonyl (C=O) groups is 1. The van der Waals surface area contributed by atoms with Crippen LogP contribution in [0.3, 0.4) is 0 Å². The first-order valence-corrected chi connectivity index (χ1v) is 6.14. The van der Waals surface area contributed by atoms with E-state index in [0.29, 0.717) is 6.07 Å². The van der Waals surface area contributed by atoms with Crippen LogP contribution in [0.2, 0.25) is 5.02 Å². The molecule has 7 heteroatoms. The molecular weight excluding hydrogens is 310 g/mol. The number of amides is 1. The molecule has 2 rings (SSSR count). The molecule has 1 N–H and O–H groups in total. The molecular formula is C14H8ClF4NO. The van der Waals surface area contributed by atoms with Crippen molar-refractivity contribution >= 4 is 23.2 Å². The summed E-state index contributed by atoms with van der Waals surface area (Å²) in [4.78, 5) is 11.7. The van der Waals surface area contributed by atoms with Crippen LogP contribution in [0.15, 0.2) is 30.3 Å². The predicted octanol–water partition coefficient (Wildman–Crippen LogP) is 4.08. The summed E-state index contributed by atoms with van der Waals surface area (Å²) in [6.45, 7) is 0. The Morgan fingerprint density at radius 2 is 1.71 bits per heavy atom. The summed E-state index contributed by atoms with van der Waals surface area (Å²) in [5.74, 6) is -6.10. The van der Waals surface area contributed by atoms with Crippen LogP contribution >= 0.6 is 11.6 Å². The van der Waals surface area contributed by atoms with Gasteiger partial charge in [-0.2, -0.15) is 0 Å². The van der Waals surface area contributed by atoms with E-state index in [9.17, 15) is 22.4 Å². The fraction of sp³-hybridized carbons (Fsp3) is 0.0714. The highest BCUT2D eigenvalue weighted by Crippen LogP contribution is 2.22. The van der Waals surface area contributed by atoms with E-state index >= 15 is 0 Å². The van der Waals surface area contributed by atoms with Gasteiger partial charge in [-0.15, -0.1) is 0 Å². The Morgan fingerprint density at radius 1 is 1.00 bits per heavy atom. The van der Waals surface area contributed by atoms with E-state index in [1.165, 1.54) is 12.1 Å². The standard InChI is InChI=1S/C14H8ClF4NO/c15-8-2-1-3-9(16)7(8)6-12(21)20-11-5-4-10(17)13(18)14(11)19/h1-5H,6H2,(H,20,21). The van der Waals surface area contributed by atoms with Crippen LogP contribution in [0, 0.1) is 23.3 Å².